The Labute approximate surface area is 196 Å². The van der Waals surface area contributed by atoms with Crippen molar-refractivity contribution >= 4 is 12.0 Å². The number of aryl methyl sites for hydroxylation is 1. The molecular formula is C25H35N7O. The number of nitrogens with zero attached hydrogens (tertiary/aromatic N) is 3. The highest BCUT2D eigenvalue weighted by Gasteiger charge is 2.30. The lowest BCUT2D eigenvalue weighted by Crippen LogP contribution is -2.45. The van der Waals surface area contributed by atoms with Gasteiger partial charge in [-0.1, -0.05) is 18.2 Å². The molecule has 8 nitrogen and oxygen atoms in total. The van der Waals surface area contributed by atoms with Gasteiger partial charge in [-0.2, -0.15) is 0 Å². The number of pyridine rings is 1. The second kappa shape index (κ2) is 11.1. The van der Waals surface area contributed by atoms with Crippen molar-refractivity contribution in [1.29, 1.82) is 0 Å². The monoisotopic (exact) mass is 449 g/mol. The molecule has 2 aliphatic heterocycles. The summed E-state index contributed by atoms with van der Waals surface area (Å²) in [5.41, 5.74) is 5.19. The summed E-state index contributed by atoms with van der Waals surface area (Å²) in [7, 11) is 0. The summed E-state index contributed by atoms with van der Waals surface area (Å²) in [6.45, 7) is 6.91. The Morgan fingerprint density at radius 3 is 2.88 bits per heavy atom. The maximum atomic E-state index is 11.9. The Hall–Kier alpha value is -3.13. The van der Waals surface area contributed by atoms with E-state index in [2.05, 4.69) is 67.9 Å². The molecule has 4 rings (SSSR count). The minimum Gasteiger partial charge on any atom is -0.370 e. The van der Waals surface area contributed by atoms with Crippen molar-refractivity contribution < 1.29 is 4.79 Å². The number of unbranched alkanes of at least 4 members (excludes halogenated alkanes) is 1. The van der Waals surface area contributed by atoms with Gasteiger partial charge in [0.25, 0.3) is 0 Å². The van der Waals surface area contributed by atoms with Gasteiger partial charge in [-0.3, -0.25) is 10.3 Å². The molecule has 2 aromatic heterocycles. The SMILES string of the molecule is CC1=C([C@@H]2CCC[C@H](c3ncccc3C)N2)N(CCCCNC(=O)Nc2ncc[nH]2)CC=C1. The molecule has 0 bridgehead atoms. The molecule has 2 atom stereocenters. The molecule has 33 heavy (non-hydrogen) atoms. The summed E-state index contributed by atoms with van der Waals surface area (Å²) in [6, 6.07) is 4.57. The lowest BCUT2D eigenvalue weighted by molar-refractivity contribution is 0.250. The van der Waals surface area contributed by atoms with Gasteiger partial charge in [-0.15, -0.1) is 0 Å². The number of carbonyl (C=O) groups is 1. The zero-order valence-corrected chi connectivity index (χ0v) is 19.6. The molecule has 0 spiro atoms. The summed E-state index contributed by atoms with van der Waals surface area (Å²) in [5.74, 6) is 0.456. The molecule has 1 saturated heterocycles. The van der Waals surface area contributed by atoms with E-state index in [0.717, 1.165) is 38.8 Å². The van der Waals surface area contributed by atoms with Crippen LogP contribution >= 0.6 is 0 Å². The Morgan fingerprint density at radius 1 is 1.18 bits per heavy atom. The van der Waals surface area contributed by atoms with Crippen LogP contribution < -0.4 is 16.0 Å². The molecule has 2 amide bonds. The number of hydrogen-bond acceptors (Lipinski definition) is 5. The molecule has 0 aromatic carbocycles. The number of amides is 2. The van der Waals surface area contributed by atoms with Gasteiger partial charge in [0, 0.05) is 50.0 Å². The lowest BCUT2D eigenvalue weighted by atomic mass is 9.90. The first kappa shape index (κ1) is 23.0. The van der Waals surface area contributed by atoms with Gasteiger partial charge in [0.1, 0.15) is 0 Å². The van der Waals surface area contributed by atoms with Gasteiger partial charge in [-0.25, -0.2) is 9.78 Å². The summed E-state index contributed by atoms with van der Waals surface area (Å²) in [6.07, 6.45) is 15.1. The second-order valence-electron chi connectivity index (χ2n) is 8.85. The van der Waals surface area contributed by atoms with Gasteiger partial charge in [0.2, 0.25) is 5.95 Å². The molecule has 1 fully saturated rings. The van der Waals surface area contributed by atoms with E-state index in [1.165, 1.54) is 28.9 Å². The molecule has 2 aliphatic rings. The number of rotatable bonds is 8. The van der Waals surface area contributed by atoms with E-state index in [-0.39, 0.29) is 6.03 Å². The number of hydrogen-bond donors (Lipinski definition) is 4. The topological polar surface area (TPSA) is 98.0 Å². The average molecular weight is 450 g/mol. The zero-order chi connectivity index (χ0) is 23.0. The van der Waals surface area contributed by atoms with Gasteiger partial charge in [0.15, 0.2) is 0 Å². The predicted molar refractivity (Wildman–Crippen MR) is 131 cm³/mol. The fourth-order valence-corrected chi connectivity index (χ4v) is 4.84. The molecule has 0 saturated carbocycles. The van der Waals surface area contributed by atoms with Crippen LogP contribution in [0.2, 0.25) is 0 Å². The fraction of sp³-hybridized carbons (Fsp3) is 0.480. The molecular weight excluding hydrogens is 414 g/mol. The van der Waals surface area contributed by atoms with Crippen LogP contribution in [0.4, 0.5) is 10.7 Å². The normalized spacial score (nSPS) is 20.7. The third-order valence-electron chi connectivity index (χ3n) is 6.41. The Kier molecular flexibility index (Phi) is 7.78. The minimum absolute atomic E-state index is 0.232. The van der Waals surface area contributed by atoms with Crippen LogP contribution in [0.25, 0.3) is 0 Å². The van der Waals surface area contributed by atoms with E-state index < -0.39 is 0 Å². The van der Waals surface area contributed by atoms with Gasteiger partial charge in [-0.05, 0) is 63.2 Å². The number of urea groups is 1. The van der Waals surface area contributed by atoms with Crippen molar-refractivity contribution in [3.63, 3.8) is 0 Å². The van der Waals surface area contributed by atoms with Crippen molar-refractivity contribution in [3.05, 3.63) is 65.4 Å². The van der Waals surface area contributed by atoms with E-state index in [4.69, 9.17) is 0 Å². The third-order valence-corrected chi connectivity index (χ3v) is 6.41. The van der Waals surface area contributed by atoms with Gasteiger partial charge < -0.3 is 20.5 Å². The molecule has 0 unspecified atom stereocenters. The zero-order valence-electron chi connectivity index (χ0n) is 19.6. The number of allylic oxidation sites excluding steroid dienone is 2. The Bertz CT molecular complexity index is 982. The maximum Gasteiger partial charge on any atom is 0.321 e. The van der Waals surface area contributed by atoms with Crippen LogP contribution in [0.3, 0.4) is 0 Å². The van der Waals surface area contributed by atoms with Crippen molar-refractivity contribution in [2.45, 2.75) is 58.0 Å². The summed E-state index contributed by atoms with van der Waals surface area (Å²) in [4.78, 5) is 26.0. The molecule has 0 aliphatic carbocycles. The third kappa shape index (κ3) is 6.01. The number of piperidine rings is 1. The smallest absolute Gasteiger partial charge is 0.321 e. The van der Waals surface area contributed by atoms with Crippen LogP contribution in [0.15, 0.2) is 54.1 Å². The first-order valence-electron chi connectivity index (χ1n) is 12.0. The maximum absolute atomic E-state index is 11.9. The highest BCUT2D eigenvalue weighted by Crippen LogP contribution is 2.32. The number of aromatic nitrogens is 3. The van der Waals surface area contributed by atoms with Crippen LogP contribution in [-0.2, 0) is 0 Å². The number of anilines is 1. The van der Waals surface area contributed by atoms with Crippen molar-refractivity contribution in [2.24, 2.45) is 0 Å². The van der Waals surface area contributed by atoms with Crippen LogP contribution in [0.5, 0.6) is 0 Å². The van der Waals surface area contributed by atoms with E-state index >= 15 is 0 Å². The quantitative estimate of drug-likeness (QED) is 0.456. The van der Waals surface area contributed by atoms with Crippen LogP contribution in [0, 0.1) is 6.92 Å². The van der Waals surface area contributed by atoms with Crippen LogP contribution in [-0.4, -0.2) is 51.6 Å². The Morgan fingerprint density at radius 2 is 2.06 bits per heavy atom. The summed E-state index contributed by atoms with van der Waals surface area (Å²) in [5, 5.41) is 9.49. The van der Waals surface area contributed by atoms with Crippen molar-refractivity contribution in [1.82, 2.24) is 30.5 Å². The highest BCUT2D eigenvalue weighted by atomic mass is 16.2. The van der Waals surface area contributed by atoms with E-state index in [1.807, 2.05) is 12.3 Å². The number of nitrogens with one attached hydrogen (secondary N) is 4. The number of H-pyrrole nitrogens is 1. The average Bonchev–Trinajstić information content (AvgIpc) is 3.32. The van der Waals surface area contributed by atoms with Crippen molar-refractivity contribution in [2.75, 3.05) is 25.0 Å². The standard InChI is InChI=1S/C25H35N7O/c1-18-8-6-13-26-22(18)20-10-5-11-21(30-20)23-19(2)9-7-17-32(23)16-4-3-12-29-25(33)31-24-27-14-15-28-24/h6-9,13-15,20-21,30H,3-5,10-12,16-17H2,1-2H3,(H3,27,28,29,31,33)/t20-,21+/m1/s1. The lowest BCUT2D eigenvalue weighted by Gasteiger charge is -2.40. The van der Waals surface area contributed by atoms with Crippen LogP contribution in [0.1, 0.15) is 56.3 Å². The van der Waals surface area contributed by atoms with Gasteiger partial charge in [0.05, 0.1) is 11.7 Å². The van der Waals surface area contributed by atoms with E-state index in [9.17, 15) is 4.79 Å². The fourth-order valence-electron chi connectivity index (χ4n) is 4.84. The molecule has 2 aromatic rings. The van der Waals surface area contributed by atoms with E-state index in [1.54, 1.807) is 12.4 Å². The molecule has 176 valence electrons. The number of carbonyl (C=O) groups excluding carboxylic acids is 1. The van der Waals surface area contributed by atoms with Gasteiger partial charge >= 0.3 is 6.03 Å². The summed E-state index contributed by atoms with van der Waals surface area (Å²) >= 11 is 0. The highest BCUT2D eigenvalue weighted by molar-refractivity contribution is 5.87. The largest absolute Gasteiger partial charge is 0.370 e. The first-order chi connectivity index (χ1) is 16.1. The minimum atomic E-state index is -0.232. The number of aromatic amines is 1. The molecule has 0 radical (unpaired) electrons. The summed E-state index contributed by atoms with van der Waals surface area (Å²) < 4.78 is 0. The van der Waals surface area contributed by atoms with E-state index in [0.29, 0.717) is 24.6 Å². The molecule has 8 heteroatoms. The second-order valence-corrected chi connectivity index (χ2v) is 8.85. The first-order valence-corrected chi connectivity index (χ1v) is 12.0. The molecule has 4 N–H and O–H groups in total. The van der Waals surface area contributed by atoms with Crippen molar-refractivity contribution in [3.8, 4) is 0 Å². The number of imidazole rings is 1. The molecule has 4 heterocycles. The predicted octanol–water partition coefficient (Wildman–Crippen LogP) is 4.04. The Balaban J connectivity index is 1.29.